The molecule has 5 rings (SSSR count). The highest BCUT2D eigenvalue weighted by Crippen LogP contribution is 2.39. The molecule has 0 bridgehead atoms. The van der Waals surface area contributed by atoms with Crippen LogP contribution in [0.2, 0.25) is 5.02 Å². The maximum absolute atomic E-state index is 12.2. The van der Waals surface area contributed by atoms with Crippen molar-refractivity contribution in [1.82, 2.24) is 20.0 Å². The SMILES string of the molecule is CCC[C@@H](O)COc1ccc(Cl)c(-c2nc(-c3c(C)noc3C)c(C)c(N3CC4=C(CN(C(=O)OC)CC4)C3)n2)c1. The minimum Gasteiger partial charge on any atom is -0.491 e. The van der Waals surface area contributed by atoms with E-state index in [1.54, 1.807) is 17.0 Å². The van der Waals surface area contributed by atoms with Gasteiger partial charge in [0.05, 0.1) is 35.2 Å². The second-order valence-electron chi connectivity index (χ2n) is 10.6. The van der Waals surface area contributed by atoms with Gasteiger partial charge in [-0.05, 0) is 63.0 Å². The molecular weight excluding hydrogens is 546 g/mol. The molecule has 1 amide bonds. The molecule has 41 heavy (non-hydrogen) atoms. The first-order chi connectivity index (χ1) is 19.7. The summed E-state index contributed by atoms with van der Waals surface area (Å²) < 4.78 is 16.3. The molecule has 2 aliphatic rings. The summed E-state index contributed by atoms with van der Waals surface area (Å²) in [5.74, 6) is 2.48. The van der Waals surface area contributed by atoms with Crippen molar-refractivity contribution in [2.24, 2.45) is 0 Å². The van der Waals surface area contributed by atoms with Crippen molar-refractivity contribution in [3.8, 4) is 28.4 Å². The molecule has 0 saturated heterocycles. The van der Waals surface area contributed by atoms with E-state index in [0.717, 1.165) is 47.7 Å². The van der Waals surface area contributed by atoms with Crippen LogP contribution in [0.4, 0.5) is 10.6 Å². The maximum atomic E-state index is 12.2. The molecule has 3 aromatic rings. The molecule has 0 radical (unpaired) electrons. The first-order valence-electron chi connectivity index (χ1n) is 13.9. The van der Waals surface area contributed by atoms with Crippen LogP contribution in [0.25, 0.3) is 22.6 Å². The Morgan fingerprint density at radius 1 is 1.17 bits per heavy atom. The third-order valence-electron chi connectivity index (χ3n) is 7.69. The van der Waals surface area contributed by atoms with Crippen LogP contribution in [0, 0.1) is 20.8 Å². The summed E-state index contributed by atoms with van der Waals surface area (Å²) in [5.41, 5.74) is 6.34. The lowest BCUT2D eigenvalue weighted by molar-refractivity contribution is 0.0994. The molecule has 0 fully saturated rings. The van der Waals surface area contributed by atoms with Crippen molar-refractivity contribution in [1.29, 1.82) is 0 Å². The van der Waals surface area contributed by atoms with Gasteiger partial charge in [0.25, 0.3) is 0 Å². The fourth-order valence-electron chi connectivity index (χ4n) is 5.54. The number of hydrogen-bond donors (Lipinski definition) is 1. The van der Waals surface area contributed by atoms with Gasteiger partial charge in [-0.15, -0.1) is 0 Å². The van der Waals surface area contributed by atoms with Crippen LogP contribution >= 0.6 is 11.6 Å². The second kappa shape index (κ2) is 12.1. The Bertz CT molecular complexity index is 1470. The van der Waals surface area contributed by atoms with Gasteiger partial charge in [-0.2, -0.15) is 0 Å². The molecule has 0 unspecified atom stereocenters. The number of hydrogen-bond acceptors (Lipinski definition) is 9. The normalized spacial score (nSPS) is 15.8. The molecule has 11 heteroatoms. The van der Waals surface area contributed by atoms with E-state index in [9.17, 15) is 9.90 Å². The Hall–Kier alpha value is -3.63. The highest BCUT2D eigenvalue weighted by atomic mass is 35.5. The number of benzene rings is 1. The third kappa shape index (κ3) is 5.90. The van der Waals surface area contributed by atoms with Crippen LogP contribution in [0.15, 0.2) is 33.9 Å². The lowest BCUT2D eigenvalue weighted by Crippen LogP contribution is -2.37. The molecule has 0 spiro atoms. The monoisotopic (exact) mass is 581 g/mol. The molecule has 4 heterocycles. The molecule has 2 aliphatic heterocycles. The van der Waals surface area contributed by atoms with Crippen LogP contribution in [0.1, 0.15) is 43.2 Å². The lowest BCUT2D eigenvalue weighted by Gasteiger charge is -2.26. The standard InChI is InChI=1S/C30H36ClN5O5/c1-6-7-22(37)16-40-23-8-9-25(31)24(12-23)28-32-27(26-18(3)34-41-19(26)4)17(2)29(33-28)36-13-20-10-11-35(30(38)39-5)14-21(20)15-36/h8-9,12,22,37H,6-7,10-11,13-16H2,1-5H3/t22-/m1/s1. The Labute approximate surface area is 244 Å². The Kier molecular flexibility index (Phi) is 8.51. The van der Waals surface area contributed by atoms with Gasteiger partial charge in [-0.3, -0.25) is 0 Å². The first-order valence-corrected chi connectivity index (χ1v) is 14.3. The van der Waals surface area contributed by atoms with Crippen molar-refractivity contribution in [3.05, 3.63) is 51.4 Å². The lowest BCUT2D eigenvalue weighted by atomic mass is 10.0. The number of carbonyl (C=O) groups excluding carboxylic acids is 1. The zero-order valence-corrected chi connectivity index (χ0v) is 24.9. The summed E-state index contributed by atoms with van der Waals surface area (Å²) in [6, 6.07) is 5.35. The van der Waals surface area contributed by atoms with Crippen molar-refractivity contribution in [2.45, 2.75) is 53.1 Å². The largest absolute Gasteiger partial charge is 0.491 e. The van der Waals surface area contributed by atoms with Crippen molar-refractivity contribution in [3.63, 3.8) is 0 Å². The zero-order chi connectivity index (χ0) is 29.3. The molecule has 0 aliphatic carbocycles. The molecule has 2 aromatic heterocycles. The quantitative estimate of drug-likeness (QED) is 0.344. The van der Waals surface area contributed by atoms with E-state index in [-0.39, 0.29) is 12.7 Å². The topological polar surface area (TPSA) is 114 Å². The Morgan fingerprint density at radius 2 is 1.95 bits per heavy atom. The molecule has 1 atom stereocenters. The van der Waals surface area contributed by atoms with E-state index in [2.05, 4.69) is 10.1 Å². The Balaban J connectivity index is 1.54. The molecular formula is C30H36ClN5O5. The van der Waals surface area contributed by atoms with Crippen LogP contribution < -0.4 is 9.64 Å². The number of aliphatic hydroxyl groups excluding tert-OH is 1. The summed E-state index contributed by atoms with van der Waals surface area (Å²) in [6.07, 6.45) is 1.48. The van der Waals surface area contributed by atoms with Crippen LogP contribution in [-0.2, 0) is 4.74 Å². The number of carbonyl (C=O) groups is 1. The summed E-state index contributed by atoms with van der Waals surface area (Å²) in [5, 5.41) is 14.8. The van der Waals surface area contributed by atoms with Crippen LogP contribution in [0.5, 0.6) is 5.75 Å². The number of aryl methyl sites for hydroxylation is 2. The number of amides is 1. The minimum atomic E-state index is -0.545. The smallest absolute Gasteiger partial charge is 0.409 e. The number of rotatable bonds is 8. The van der Waals surface area contributed by atoms with Crippen LogP contribution in [0.3, 0.4) is 0 Å². The average molecular weight is 582 g/mol. The van der Waals surface area contributed by atoms with Gasteiger partial charge in [0.15, 0.2) is 5.82 Å². The van der Waals surface area contributed by atoms with Gasteiger partial charge < -0.3 is 28.9 Å². The van der Waals surface area contributed by atoms with Crippen molar-refractivity contribution >= 4 is 23.5 Å². The number of halogens is 1. The van der Waals surface area contributed by atoms with Gasteiger partial charge in [-0.1, -0.05) is 30.1 Å². The molecule has 218 valence electrons. The van der Waals surface area contributed by atoms with E-state index in [4.69, 9.17) is 35.6 Å². The predicted molar refractivity (Wildman–Crippen MR) is 156 cm³/mol. The summed E-state index contributed by atoms with van der Waals surface area (Å²) in [6.45, 7) is 10.5. The molecule has 10 nitrogen and oxygen atoms in total. The van der Waals surface area contributed by atoms with E-state index < -0.39 is 6.10 Å². The Morgan fingerprint density at radius 3 is 2.66 bits per heavy atom. The van der Waals surface area contributed by atoms with Gasteiger partial charge in [-0.25, -0.2) is 14.8 Å². The van der Waals surface area contributed by atoms with E-state index in [0.29, 0.717) is 54.0 Å². The number of ether oxygens (including phenoxy) is 2. The summed E-state index contributed by atoms with van der Waals surface area (Å²) in [7, 11) is 1.41. The van der Waals surface area contributed by atoms with Crippen molar-refractivity contribution in [2.75, 3.05) is 44.8 Å². The highest BCUT2D eigenvalue weighted by Gasteiger charge is 2.32. The third-order valence-corrected chi connectivity index (χ3v) is 8.02. The number of methoxy groups -OCH3 is 1. The van der Waals surface area contributed by atoms with Gasteiger partial charge in [0, 0.05) is 37.3 Å². The van der Waals surface area contributed by atoms with E-state index in [1.807, 2.05) is 33.8 Å². The second-order valence-corrected chi connectivity index (χ2v) is 11.1. The fourth-order valence-corrected chi connectivity index (χ4v) is 5.75. The van der Waals surface area contributed by atoms with Crippen molar-refractivity contribution < 1.29 is 23.9 Å². The zero-order valence-electron chi connectivity index (χ0n) is 24.2. The molecule has 1 N–H and O–H groups in total. The average Bonchev–Trinajstić information content (AvgIpc) is 3.54. The minimum absolute atomic E-state index is 0.187. The highest BCUT2D eigenvalue weighted by molar-refractivity contribution is 6.33. The van der Waals surface area contributed by atoms with Gasteiger partial charge in [0.2, 0.25) is 0 Å². The molecule has 0 saturated carbocycles. The number of nitrogens with zero attached hydrogens (tertiary/aromatic N) is 5. The first kappa shape index (κ1) is 28.9. The van der Waals surface area contributed by atoms with Gasteiger partial charge >= 0.3 is 6.09 Å². The van der Waals surface area contributed by atoms with Crippen LogP contribution in [-0.4, -0.2) is 77.2 Å². The number of anilines is 1. The van der Waals surface area contributed by atoms with Gasteiger partial charge in [0.1, 0.15) is 23.9 Å². The maximum Gasteiger partial charge on any atom is 0.409 e. The fraction of sp³-hybridized carbons (Fsp3) is 0.467. The summed E-state index contributed by atoms with van der Waals surface area (Å²) >= 11 is 6.71. The number of aliphatic hydroxyl groups is 1. The predicted octanol–water partition coefficient (Wildman–Crippen LogP) is 5.51. The summed E-state index contributed by atoms with van der Waals surface area (Å²) in [4.78, 5) is 26.2. The number of aromatic nitrogens is 3. The van der Waals surface area contributed by atoms with E-state index >= 15 is 0 Å². The van der Waals surface area contributed by atoms with E-state index in [1.165, 1.54) is 18.3 Å². The molecule has 1 aromatic carbocycles.